The average Bonchev–Trinajstić information content (AvgIpc) is 2.84. The third-order valence-electron chi connectivity index (χ3n) is 3.75. The Labute approximate surface area is 134 Å². The van der Waals surface area contributed by atoms with Crippen molar-refractivity contribution in [1.29, 1.82) is 0 Å². The zero-order valence-corrected chi connectivity index (χ0v) is 13.1. The molecule has 1 aliphatic heterocycles. The van der Waals surface area contributed by atoms with Crippen LogP contribution in [-0.2, 0) is 11.2 Å². The number of hydrogen-bond donors (Lipinski definition) is 1. The Morgan fingerprint density at radius 2 is 1.87 bits per heavy atom. The summed E-state index contributed by atoms with van der Waals surface area (Å²) in [6.45, 7) is 4.04. The highest BCUT2D eigenvalue weighted by atomic mass is 19.1. The van der Waals surface area contributed by atoms with Gasteiger partial charge in [-0.05, 0) is 48.7 Å². The van der Waals surface area contributed by atoms with Gasteiger partial charge in [0, 0.05) is 6.42 Å². The number of rotatable bonds is 3. The highest BCUT2D eigenvalue weighted by molar-refractivity contribution is 6.14. The summed E-state index contributed by atoms with van der Waals surface area (Å²) in [5.74, 6) is 0.0984. The summed E-state index contributed by atoms with van der Waals surface area (Å²) in [6, 6.07) is 12.3. The van der Waals surface area contributed by atoms with E-state index in [-0.39, 0.29) is 11.7 Å². The van der Waals surface area contributed by atoms with Crippen LogP contribution in [0.3, 0.4) is 0 Å². The summed E-state index contributed by atoms with van der Waals surface area (Å²) in [4.78, 5) is 16.4. The Morgan fingerprint density at radius 1 is 1.13 bits per heavy atom. The number of benzene rings is 2. The minimum absolute atomic E-state index is 0.206. The first-order chi connectivity index (χ1) is 11.0. The van der Waals surface area contributed by atoms with Crippen molar-refractivity contribution >= 4 is 17.8 Å². The molecule has 1 aliphatic rings. The maximum atomic E-state index is 12.9. The van der Waals surface area contributed by atoms with E-state index >= 15 is 0 Å². The van der Waals surface area contributed by atoms with Crippen molar-refractivity contribution in [2.45, 2.75) is 20.3 Å². The Balaban J connectivity index is 1.83. The smallest absolute Gasteiger partial charge is 0.275 e. The van der Waals surface area contributed by atoms with E-state index in [0.717, 1.165) is 16.7 Å². The highest BCUT2D eigenvalue weighted by Gasteiger charge is 2.20. The first-order valence-corrected chi connectivity index (χ1v) is 7.43. The van der Waals surface area contributed by atoms with Crippen LogP contribution in [0, 0.1) is 19.7 Å². The summed E-state index contributed by atoms with van der Waals surface area (Å²) in [7, 11) is 0. The summed E-state index contributed by atoms with van der Waals surface area (Å²) >= 11 is 0. The third kappa shape index (κ3) is 3.54. The maximum Gasteiger partial charge on any atom is 0.275 e. The normalized spacial score (nSPS) is 15.7. The molecule has 1 amide bonds. The Bertz CT molecular complexity index is 820. The molecule has 0 bridgehead atoms. The lowest BCUT2D eigenvalue weighted by molar-refractivity contribution is -0.115. The van der Waals surface area contributed by atoms with Crippen LogP contribution in [0.4, 0.5) is 4.39 Å². The second-order valence-electron chi connectivity index (χ2n) is 5.71. The summed E-state index contributed by atoms with van der Waals surface area (Å²) in [5, 5.41) is 2.77. The van der Waals surface area contributed by atoms with Crippen molar-refractivity contribution in [3.05, 3.63) is 76.2 Å². The molecule has 0 saturated heterocycles. The van der Waals surface area contributed by atoms with Crippen LogP contribution >= 0.6 is 0 Å². The fourth-order valence-electron chi connectivity index (χ4n) is 2.53. The lowest BCUT2D eigenvalue weighted by atomic mass is 10.0. The van der Waals surface area contributed by atoms with Crippen molar-refractivity contribution in [1.82, 2.24) is 5.32 Å². The van der Waals surface area contributed by atoms with Crippen LogP contribution in [0.15, 0.2) is 53.2 Å². The average molecular weight is 308 g/mol. The largest absolute Gasteiger partial charge is 0.308 e. The van der Waals surface area contributed by atoms with Crippen molar-refractivity contribution in [3.63, 3.8) is 0 Å². The van der Waals surface area contributed by atoms with Gasteiger partial charge in [0.1, 0.15) is 17.3 Å². The molecule has 23 heavy (non-hydrogen) atoms. The molecule has 0 atom stereocenters. The summed E-state index contributed by atoms with van der Waals surface area (Å²) < 4.78 is 12.9. The van der Waals surface area contributed by atoms with Crippen LogP contribution in [0.1, 0.15) is 22.3 Å². The van der Waals surface area contributed by atoms with Crippen LogP contribution < -0.4 is 5.32 Å². The van der Waals surface area contributed by atoms with Crippen molar-refractivity contribution < 1.29 is 9.18 Å². The van der Waals surface area contributed by atoms with Gasteiger partial charge in [-0.25, -0.2) is 9.38 Å². The second kappa shape index (κ2) is 6.16. The van der Waals surface area contributed by atoms with Gasteiger partial charge >= 0.3 is 0 Å². The van der Waals surface area contributed by atoms with Crippen LogP contribution in [0.25, 0.3) is 6.08 Å². The number of hydrogen-bond acceptors (Lipinski definition) is 2. The molecular formula is C19H17FN2O. The number of halogens is 1. The lowest BCUT2D eigenvalue weighted by Crippen LogP contribution is -2.25. The molecular weight excluding hydrogens is 291 g/mol. The van der Waals surface area contributed by atoms with Gasteiger partial charge in [0.2, 0.25) is 0 Å². The number of nitrogens with one attached hydrogen (secondary N) is 1. The Kier molecular flexibility index (Phi) is 4.06. The first-order valence-electron chi connectivity index (χ1n) is 7.43. The molecule has 1 N–H and O–H groups in total. The summed E-state index contributed by atoms with van der Waals surface area (Å²) in [5.41, 5.74) is 4.56. The molecule has 0 saturated carbocycles. The van der Waals surface area contributed by atoms with Crippen LogP contribution in [-0.4, -0.2) is 11.7 Å². The van der Waals surface area contributed by atoms with Gasteiger partial charge in [-0.3, -0.25) is 4.79 Å². The number of carbonyl (C=O) groups is 1. The minimum atomic E-state index is -0.276. The molecule has 0 unspecified atom stereocenters. The minimum Gasteiger partial charge on any atom is -0.308 e. The number of nitrogens with zero attached hydrogens (tertiary/aromatic N) is 1. The number of amidine groups is 1. The molecule has 0 radical (unpaired) electrons. The molecule has 0 aliphatic carbocycles. The molecule has 3 rings (SSSR count). The summed E-state index contributed by atoms with van der Waals surface area (Å²) in [6.07, 6.45) is 2.26. The van der Waals surface area contributed by atoms with E-state index < -0.39 is 0 Å². The SMILES string of the molecule is Cc1ccc(/C=C2\N=C(Cc3ccc(F)cc3)NC2=O)c(C)c1. The van der Waals surface area contributed by atoms with Crippen LogP contribution in [0.2, 0.25) is 0 Å². The molecule has 2 aromatic carbocycles. The van der Waals surface area contributed by atoms with Gasteiger partial charge in [0.05, 0.1) is 0 Å². The van der Waals surface area contributed by atoms with Gasteiger partial charge in [-0.1, -0.05) is 35.9 Å². The van der Waals surface area contributed by atoms with Gasteiger partial charge < -0.3 is 5.32 Å². The third-order valence-corrected chi connectivity index (χ3v) is 3.75. The molecule has 2 aromatic rings. The van der Waals surface area contributed by atoms with E-state index in [9.17, 15) is 9.18 Å². The first kappa shape index (κ1) is 15.2. The molecule has 3 nitrogen and oxygen atoms in total. The van der Waals surface area contributed by atoms with E-state index in [1.807, 2.05) is 26.0 Å². The van der Waals surface area contributed by atoms with E-state index in [4.69, 9.17) is 0 Å². The maximum absolute atomic E-state index is 12.9. The predicted molar refractivity (Wildman–Crippen MR) is 89.6 cm³/mol. The molecule has 0 fully saturated rings. The van der Waals surface area contributed by atoms with Gasteiger partial charge in [0.25, 0.3) is 5.91 Å². The number of aliphatic imine (C=N–C) groups is 1. The van der Waals surface area contributed by atoms with Gasteiger partial charge in [0.15, 0.2) is 0 Å². The number of aryl methyl sites for hydroxylation is 2. The van der Waals surface area contributed by atoms with Crippen LogP contribution in [0.5, 0.6) is 0 Å². The number of carbonyl (C=O) groups excluding carboxylic acids is 1. The Morgan fingerprint density at radius 3 is 2.57 bits per heavy atom. The van der Waals surface area contributed by atoms with Crippen molar-refractivity contribution in [2.75, 3.05) is 0 Å². The molecule has 116 valence electrons. The van der Waals surface area contributed by atoms with E-state index in [2.05, 4.69) is 16.4 Å². The molecule has 4 heteroatoms. The molecule has 0 aromatic heterocycles. The number of amides is 1. The predicted octanol–water partition coefficient (Wildman–Crippen LogP) is 3.55. The fourth-order valence-corrected chi connectivity index (χ4v) is 2.53. The Hall–Kier alpha value is -2.75. The quantitative estimate of drug-likeness (QED) is 0.866. The van der Waals surface area contributed by atoms with Gasteiger partial charge in [-0.2, -0.15) is 0 Å². The van der Waals surface area contributed by atoms with E-state index in [0.29, 0.717) is 18.0 Å². The van der Waals surface area contributed by atoms with E-state index in [1.54, 1.807) is 18.2 Å². The van der Waals surface area contributed by atoms with Crippen molar-refractivity contribution in [3.8, 4) is 0 Å². The van der Waals surface area contributed by atoms with E-state index in [1.165, 1.54) is 17.7 Å². The standard InChI is InChI=1S/C19H17FN2O/c1-12-3-6-15(13(2)9-12)11-17-19(23)22-18(21-17)10-14-4-7-16(20)8-5-14/h3-9,11H,10H2,1-2H3,(H,21,22,23)/b17-11-. The lowest BCUT2D eigenvalue weighted by Gasteiger charge is -2.01. The second-order valence-corrected chi connectivity index (χ2v) is 5.71. The molecule has 0 spiro atoms. The topological polar surface area (TPSA) is 41.5 Å². The zero-order valence-electron chi connectivity index (χ0n) is 13.1. The highest BCUT2D eigenvalue weighted by Crippen LogP contribution is 2.18. The van der Waals surface area contributed by atoms with Crippen molar-refractivity contribution in [2.24, 2.45) is 4.99 Å². The zero-order chi connectivity index (χ0) is 16.4. The fraction of sp³-hybridized carbons (Fsp3) is 0.158. The molecule has 1 heterocycles. The van der Waals surface area contributed by atoms with Gasteiger partial charge in [-0.15, -0.1) is 0 Å². The monoisotopic (exact) mass is 308 g/mol.